The van der Waals surface area contributed by atoms with E-state index in [0.717, 1.165) is 49.8 Å². The number of carbonyl (C=O) groups is 3. The zero-order valence-corrected chi connectivity index (χ0v) is 15.2. The minimum atomic E-state index is -0.215. The van der Waals surface area contributed by atoms with Gasteiger partial charge in [0.2, 0.25) is 5.91 Å². The summed E-state index contributed by atoms with van der Waals surface area (Å²) in [6.07, 6.45) is 2.03. The van der Waals surface area contributed by atoms with Crippen molar-refractivity contribution >= 4 is 28.8 Å². The molecular weight excluding hydrogens is 338 g/mol. The molecule has 6 nitrogen and oxygen atoms in total. The highest BCUT2D eigenvalue weighted by molar-refractivity contribution is 8.14. The standard InChI is InChI=1S/C18H23N3O3S/c1-19-10-13-5-7-20(8-6-13)17(23)15-4-2-3-14(9-15)11-21-16(22)12-25-18(21)24/h2-4,9,13,19H,5-8,10-12H2,1H3. The van der Waals surface area contributed by atoms with Crippen molar-refractivity contribution in [2.75, 3.05) is 32.4 Å². The number of piperidine rings is 1. The van der Waals surface area contributed by atoms with Gasteiger partial charge >= 0.3 is 0 Å². The van der Waals surface area contributed by atoms with Crippen LogP contribution in [-0.4, -0.2) is 59.3 Å². The third-order valence-electron chi connectivity index (χ3n) is 4.75. The van der Waals surface area contributed by atoms with E-state index < -0.39 is 0 Å². The van der Waals surface area contributed by atoms with Gasteiger partial charge in [0.25, 0.3) is 11.1 Å². The molecular formula is C18H23N3O3S. The van der Waals surface area contributed by atoms with Gasteiger partial charge in [0.05, 0.1) is 12.3 Å². The summed E-state index contributed by atoms with van der Waals surface area (Å²) in [5.41, 5.74) is 1.43. The van der Waals surface area contributed by atoms with Crippen molar-refractivity contribution in [1.82, 2.24) is 15.1 Å². The van der Waals surface area contributed by atoms with Crippen LogP contribution in [0.3, 0.4) is 0 Å². The first-order valence-corrected chi connectivity index (χ1v) is 9.57. The van der Waals surface area contributed by atoms with E-state index in [4.69, 9.17) is 0 Å². The van der Waals surface area contributed by atoms with Gasteiger partial charge in [-0.05, 0) is 50.0 Å². The van der Waals surface area contributed by atoms with Crippen molar-refractivity contribution in [2.24, 2.45) is 5.92 Å². The van der Waals surface area contributed by atoms with Crippen LogP contribution in [0, 0.1) is 5.92 Å². The Morgan fingerprint density at radius 1 is 1.28 bits per heavy atom. The Morgan fingerprint density at radius 3 is 2.68 bits per heavy atom. The number of hydrogen-bond acceptors (Lipinski definition) is 5. The Morgan fingerprint density at radius 2 is 2.04 bits per heavy atom. The molecule has 0 atom stereocenters. The Balaban J connectivity index is 1.64. The molecule has 0 bridgehead atoms. The second-order valence-electron chi connectivity index (χ2n) is 6.53. The van der Waals surface area contributed by atoms with Gasteiger partial charge < -0.3 is 10.2 Å². The lowest BCUT2D eigenvalue weighted by molar-refractivity contribution is -0.125. The fourth-order valence-corrected chi connectivity index (χ4v) is 4.06. The third kappa shape index (κ3) is 4.22. The quantitative estimate of drug-likeness (QED) is 0.868. The summed E-state index contributed by atoms with van der Waals surface area (Å²) >= 11 is 1.03. The maximum Gasteiger partial charge on any atom is 0.289 e. The average molecular weight is 361 g/mol. The van der Waals surface area contributed by atoms with E-state index in [2.05, 4.69) is 5.32 Å². The highest BCUT2D eigenvalue weighted by atomic mass is 32.2. The minimum Gasteiger partial charge on any atom is -0.339 e. The van der Waals surface area contributed by atoms with Crippen LogP contribution in [0.2, 0.25) is 0 Å². The molecule has 2 aliphatic rings. The van der Waals surface area contributed by atoms with Gasteiger partial charge in [0, 0.05) is 18.7 Å². The van der Waals surface area contributed by atoms with Crippen LogP contribution in [0.4, 0.5) is 4.79 Å². The average Bonchev–Trinajstić information content (AvgIpc) is 2.94. The minimum absolute atomic E-state index is 0.0261. The first kappa shape index (κ1) is 17.9. The van der Waals surface area contributed by atoms with Gasteiger partial charge in [-0.1, -0.05) is 23.9 Å². The molecule has 3 amide bonds. The SMILES string of the molecule is CNCC1CCN(C(=O)c2cccc(CN3C(=O)CSC3=O)c2)CC1. The molecule has 2 heterocycles. The lowest BCUT2D eigenvalue weighted by atomic mass is 9.96. The molecule has 2 fully saturated rings. The predicted molar refractivity (Wildman–Crippen MR) is 97.4 cm³/mol. The van der Waals surface area contributed by atoms with Gasteiger partial charge in [0.15, 0.2) is 0 Å². The maximum atomic E-state index is 12.7. The smallest absolute Gasteiger partial charge is 0.289 e. The molecule has 1 N–H and O–H groups in total. The lowest BCUT2D eigenvalue weighted by Crippen LogP contribution is -2.40. The largest absolute Gasteiger partial charge is 0.339 e. The monoisotopic (exact) mass is 361 g/mol. The number of benzene rings is 1. The summed E-state index contributed by atoms with van der Waals surface area (Å²) in [6.45, 7) is 2.77. The molecule has 0 aliphatic carbocycles. The lowest BCUT2D eigenvalue weighted by Gasteiger charge is -2.32. The molecule has 0 radical (unpaired) electrons. The highest BCUT2D eigenvalue weighted by Gasteiger charge is 2.30. The molecule has 1 aromatic rings. The van der Waals surface area contributed by atoms with E-state index >= 15 is 0 Å². The van der Waals surface area contributed by atoms with E-state index in [1.807, 2.05) is 24.1 Å². The van der Waals surface area contributed by atoms with Gasteiger partial charge in [-0.3, -0.25) is 19.3 Å². The van der Waals surface area contributed by atoms with Crippen LogP contribution in [0.1, 0.15) is 28.8 Å². The van der Waals surface area contributed by atoms with Crippen LogP contribution in [0.5, 0.6) is 0 Å². The van der Waals surface area contributed by atoms with Crippen molar-refractivity contribution in [3.63, 3.8) is 0 Å². The van der Waals surface area contributed by atoms with Crippen LogP contribution < -0.4 is 5.32 Å². The van der Waals surface area contributed by atoms with Crippen molar-refractivity contribution in [3.05, 3.63) is 35.4 Å². The number of amides is 3. The third-order valence-corrected chi connectivity index (χ3v) is 5.61. The van der Waals surface area contributed by atoms with E-state index in [0.29, 0.717) is 11.5 Å². The normalized spacial score (nSPS) is 18.9. The molecule has 0 unspecified atom stereocenters. The summed E-state index contributed by atoms with van der Waals surface area (Å²) in [5.74, 6) is 0.695. The fourth-order valence-electron chi connectivity index (χ4n) is 3.33. The van der Waals surface area contributed by atoms with Crippen molar-refractivity contribution in [1.29, 1.82) is 0 Å². The summed E-state index contributed by atoms with van der Waals surface area (Å²) in [5, 5.41) is 2.98. The molecule has 0 saturated carbocycles. The zero-order valence-electron chi connectivity index (χ0n) is 14.4. The van der Waals surface area contributed by atoms with Crippen LogP contribution in [-0.2, 0) is 11.3 Å². The summed E-state index contributed by atoms with van der Waals surface area (Å²) in [7, 11) is 1.96. The molecule has 0 aromatic heterocycles. The van der Waals surface area contributed by atoms with Crippen molar-refractivity contribution < 1.29 is 14.4 Å². The second kappa shape index (κ2) is 8.01. The van der Waals surface area contributed by atoms with Gasteiger partial charge in [-0.25, -0.2) is 0 Å². The number of likely N-dealkylation sites (tertiary alicyclic amines) is 1. The van der Waals surface area contributed by atoms with E-state index in [1.165, 1.54) is 4.90 Å². The Bertz CT molecular complexity index is 655. The van der Waals surface area contributed by atoms with E-state index in [1.54, 1.807) is 12.1 Å². The van der Waals surface area contributed by atoms with Crippen LogP contribution in [0.25, 0.3) is 0 Å². The van der Waals surface area contributed by atoms with Gasteiger partial charge in [-0.15, -0.1) is 0 Å². The van der Waals surface area contributed by atoms with Crippen molar-refractivity contribution in [3.8, 4) is 0 Å². The number of nitrogens with one attached hydrogen (secondary N) is 1. The van der Waals surface area contributed by atoms with Gasteiger partial charge in [0.1, 0.15) is 0 Å². The molecule has 25 heavy (non-hydrogen) atoms. The Kier molecular flexibility index (Phi) is 5.75. The number of carbonyl (C=O) groups excluding carboxylic acids is 3. The van der Waals surface area contributed by atoms with Gasteiger partial charge in [-0.2, -0.15) is 0 Å². The number of thioether (sulfide) groups is 1. The summed E-state index contributed by atoms with van der Waals surface area (Å²) in [6, 6.07) is 7.26. The van der Waals surface area contributed by atoms with E-state index in [9.17, 15) is 14.4 Å². The summed E-state index contributed by atoms with van der Waals surface area (Å²) in [4.78, 5) is 39.4. The number of imide groups is 1. The first-order valence-electron chi connectivity index (χ1n) is 8.58. The number of rotatable bonds is 5. The molecule has 2 saturated heterocycles. The zero-order chi connectivity index (χ0) is 17.8. The molecule has 3 rings (SSSR count). The first-order chi connectivity index (χ1) is 12.1. The number of nitrogens with zero attached hydrogens (tertiary/aromatic N) is 2. The fraction of sp³-hybridized carbons (Fsp3) is 0.500. The van der Waals surface area contributed by atoms with Crippen molar-refractivity contribution in [2.45, 2.75) is 19.4 Å². The second-order valence-corrected chi connectivity index (χ2v) is 7.45. The number of hydrogen-bond donors (Lipinski definition) is 1. The maximum absolute atomic E-state index is 12.7. The predicted octanol–water partition coefficient (Wildman–Crippen LogP) is 1.95. The van der Waals surface area contributed by atoms with Crippen LogP contribution in [0.15, 0.2) is 24.3 Å². The topological polar surface area (TPSA) is 69.7 Å². The summed E-state index contributed by atoms with van der Waals surface area (Å²) < 4.78 is 0. The van der Waals surface area contributed by atoms with E-state index in [-0.39, 0.29) is 29.4 Å². The molecule has 0 spiro atoms. The Labute approximate surface area is 151 Å². The highest BCUT2D eigenvalue weighted by Crippen LogP contribution is 2.22. The molecule has 2 aliphatic heterocycles. The Hall–Kier alpha value is -1.86. The molecule has 7 heteroatoms. The molecule has 134 valence electrons. The molecule has 1 aromatic carbocycles. The van der Waals surface area contributed by atoms with Crippen LogP contribution >= 0.6 is 11.8 Å².